The zero-order valence-electron chi connectivity index (χ0n) is 11.4. The molecule has 1 atom stereocenters. The maximum Gasteiger partial charge on any atom is 0.335 e. The van der Waals surface area contributed by atoms with Crippen molar-refractivity contribution < 1.29 is 30.0 Å². The lowest BCUT2D eigenvalue weighted by atomic mass is 9.98. The second kappa shape index (κ2) is 8.05. The molecule has 0 bridgehead atoms. The first-order valence-corrected chi connectivity index (χ1v) is 5.98. The van der Waals surface area contributed by atoms with E-state index in [1.807, 2.05) is 6.92 Å². The van der Waals surface area contributed by atoms with Crippen molar-refractivity contribution in [2.24, 2.45) is 0 Å². The van der Waals surface area contributed by atoms with E-state index in [2.05, 4.69) is 0 Å². The van der Waals surface area contributed by atoms with Gasteiger partial charge in [-0.2, -0.15) is 0 Å². The van der Waals surface area contributed by atoms with E-state index in [4.69, 9.17) is 20.4 Å². The van der Waals surface area contributed by atoms with Crippen LogP contribution < -0.4 is 0 Å². The molecule has 0 aromatic carbocycles. The minimum Gasteiger partial charge on any atom is -0.479 e. The highest BCUT2D eigenvalue weighted by molar-refractivity contribution is 5.77. The van der Waals surface area contributed by atoms with Crippen LogP contribution in [0.4, 0.5) is 0 Å². The fourth-order valence-corrected chi connectivity index (χ4v) is 1.15. The van der Waals surface area contributed by atoms with E-state index in [0.717, 1.165) is 0 Å². The molecule has 0 radical (unpaired) electrons. The van der Waals surface area contributed by atoms with Gasteiger partial charge in [0.05, 0.1) is 0 Å². The van der Waals surface area contributed by atoms with Crippen LogP contribution >= 0.6 is 0 Å². The third-order valence-corrected chi connectivity index (χ3v) is 2.77. The maximum absolute atomic E-state index is 10.2. The normalized spacial score (nSPS) is 14.1. The Morgan fingerprint density at radius 3 is 1.39 bits per heavy atom. The third kappa shape index (κ3) is 6.56. The van der Waals surface area contributed by atoms with Crippen LogP contribution in [-0.4, -0.2) is 43.6 Å². The lowest BCUT2D eigenvalue weighted by molar-refractivity contribution is -0.159. The van der Waals surface area contributed by atoms with Gasteiger partial charge in [0.2, 0.25) is 0 Å². The molecule has 0 saturated carbocycles. The smallest absolute Gasteiger partial charge is 0.335 e. The number of hydrogen-bond donors (Lipinski definition) is 4. The van der Waals surface area contributed by atoms with Crippen LogP contribution in [0.2, 0.25) is 0 Å². The van der Waals surface area contributed by atoms with Gasteiger partial charge in [0, 0.05) is 0 Å². The van der Waals surface area contributed by atoms with Crippen LogP contribution in [0.1, 0.15) is 53.4 Å². The molecule has 0 aliphatic carbocycles. The fraction of sp³-hybridized carbons (Fsp3) is 0.833. The number of hydrogen-bond acceptors (Lipinski definition) is 4. The minimum absolute atomic E-state index is 0.263. The monoisotopic (exact) mass is 264 g/mol. The van der Waals surface area contributed by atoms with E-state index >= 15 is 0 Å². The highest BCUT2D eigenvalue weighted by Crippen LogP contribution is 2.13. The standard InChI is InChI=1S/2C6H12O3/c1-3-4-6(2,9)5(7)8;1-3-6(9,4-2)5(7)8/h2*9H,3-4H2,1-2H3,(H,7,8). The van der Waals surface area contributed by atoms with Crippen LogP contribution in [0.25, 0.3) is 0 Å². The predicted molar refractivity (Wildman–Crippen MR) is 66.3 cm³/mol. The first-order valence-electron chi connectivity index (χ1n) is 5.98. The van der Waals surface area contributed by atoms with Crippen molar-refractivity contribution in [3.63, 3.8) is 0 Å². The van der Waals surface area contributed by atoms with Crippen LogP contribution in [0.5, 0.6) is 0 Å². The zero-order valence-corrected chi connectivity index (χ0v) is 11.4. The molecular formula is C12H24O6. The molecule has 0 rings (SSSR count). The summed E-state index contributed by atoms with van der Waals surface area (Å²) < 4.78 is 0. The van der Waals surface area contributed by atoms with Gasteiger partial charge in [-0.3, -0.25) is 0 Å². The van der Waals surface area contributed by atoms with E-state index in [1.54, 1.807) is 13.8 Å². The molecule has 0 aromatic heterocycles. The summed E-state index contributed by atoms with van der Waals surface area (Å²) in [5.74, 6) is -2.28. The lowest BCUT2D eigenvalue weighted by Gasteiger charge is -2.18. The van der Waals surface area contributed by atoms with Crippen LogP contribution in [0.15, 0.2) is 0 Å². The Morgan fingerprint density at radius 2 is 1.33 bits per heavy atom. The Kier molecular flexibility index (Phi) is 8.59. The molecule has 0 fully saturated rings. The summed E-state index contributed by atoms with van der Waals surface area (Å²) in [5, 5.41) is 34.8. The maximum atomic E-state index is 10.2. The van der Waals surface area contributed by atoms with E-state index in [1.165, 1.54) is 6.92 Å². The van der Waals surface area contributed by atoms with E-state index < -0.39 is 23.1 Å². The Bertz CT molecular complexity index is 268. The van der Waals surface area contributed by atoms with Gasteiger partial charge in [-0.1, -0.05) is 27.2 Å². The number of aliphatic carboxylic acids is 2. The van der Waals surface area contributed by atoms with Crippen molar-refractivity contribution in [2.45, 2.75) is 64.6 Å². The van der Waals surface area contributed by atoms with Crippen molar-refractivity contribution in [3.05, 3.63) is 0 Å². The van der Waals surface area contributed by atoms with Gasteiger partial charge in [0.1, 0.15) is 0 Å². The Hall–Kier alpha value is -1.14. The molecule has 0 aromatic rings. The summed E-state index contributed by atoms with van der Waals surface area (Å²) in [6.45, 7) is 6.44. The number of aliphatic hydroxyl groups is 2. The Morgan fingerprint density at radius 1 is 0.944 bits per heavy atom. The van der Waals surface area contributed by atoms with Gasteiger partial charge in [0.15, 0.2) is 11.2 Å². The molecule has 108 valence electrons. The van der Waals surface area contributed by atoms with Gasteiger partial charge in [0.25, 0.3) is 0 Å². The van der Waals surface area contributed by atoms with Gasteiger partial charge in [-0.15, -0.1) is 0 Å². The summed E-state index contributed by atoms with van der Waals surface area (Å²) >= 11 is 0. The molecule has 0 aliphatic heterocycles. The van der Waals surface area contributed by atoms with Gasteiger partial charge >= 0.3 is 11.9 Å². The molecule has 4 N–H and O–H groups in total. The van der Waals surface area contributed by atoms with E-state index in [0.29, 0.717) is 12.8 Å². The third-order valence-electron chi connectivity index (χ3n) is 2.77. The Balaban J connectivity index is 0. The number of carbonyl (C=O) groups is 2. The van der Waals surface area contributed by atoms with Crippen molar-refractivity contribution in [1.29, 1.82) is 0 Å². The summed E-state index contributed by atoms with van der Waals surface area (Å²) in [6, 6.07) is 0. The molecule has 0 aliphatic rings. The largest absolute Gasteiger partial charge is 0.479 e. The molecule has 1 unspecified atom stereocenters. The van der Waals surface area contributed by atoms with Crippen molar-refractivity contribution in [2.75, 3.05) is 0 Å². The van der Waals surface area contributed by atoms with Crippen LogP contribution in [0.3, 0.4) is 0 Å². The second-order valence-corrected chi connectivity index (χ2v) is 4.37. The lowest BCUT2D eigenvalue weighted by Crippen LogP contribution is -2.36. The van der Waals surface area contributed by atoms with E-state index in [9.17, 15) is 9.59 Å². The van der Waals surface area contributed by atoms with Crippen molar-refractivity contribution >= 4 is 11.9 Å². The average Bonchev–Trinajstić information content (AvgIpc) is 2.28. The number of carboxylic acid groups (broad SMARTS) is 2. The second-order valence-electron chi connectivity index (χ2n) is 4.37. The summed E-state index contributed by atoms with van der Waals surface area (Å²) in [7, 11) is 0. The zero-order chi connectivity index (χ0) is 15.0. The molecule has 18 heavy (non-hydrogen) atoms. The first kappa shape index (κ1) is 19.2. The highest BCUT2D eigenvalue weighted by Gasteiger charge is 2.31. The molecule has 0 amide bonds. The topological polar surface area (TPSA) is 115 Å². The molecule has 0 heterocycles. The van der Waals surface area contributed by atoms with Crippen LogP contribution in [-0.2, 0) is 9.59 Å². The molecule has 6 nitrogen and oxygen atoms in total. The average molecular weight is 264 g/mol. The Labute approximate surface area is 107 Å². The van der Waals surface area contributed by atoms with E-state index in [-0.39, 0.29) is 12.8 Å². The molecule has 0 saturated heterocycles. The first-order chi connectivity index (χ1) is 8.07. The van der Waals surface area contributed by atoms with Crippen LogP contribution in [0, 0.1) is 0 Å². The minimum atomic E-state index is -1.53. The van der Waals surface area contributed by atoms with Crippen molar-refractivity contribution in [3.8, 4) is 0 Å². The van der Waals surface area contributed by atoms with Crippen molar-refractivity contribution in [1.82, 2.24) is 0 Å². The van der Waals surface area contributed by atoms with Gasteiger partial charge in [-0.25, -0.2) is 9.59 Å². The molecular weight excluding hydrogens is 240 g/mol. The SMILES string of the molecule is CCC(O)(CC)C(=O)O.CCCC(C)(O)C(=O)O. The number of carboxylic acids is 2. The molecule has 6 heteroatoms. The summed E-state index contributed by atoms with van der Waals surface area (Å²) in [6.07, 6.45) is 1.51. The summed E-state index contributed by atoms with van der Waals surface area (Å²) in [5.41, 5.74) is -3.03. The summed E-state index contributed by atoms with van der Waals surface area (Å²) in [4.78, 5) is 20.4. The number of rotatable bonds is 6. The predicted octanol–water partition coefficient (Wildman–Crippen LogP) is 1.24. The molecule has 0 spiro atoms. The van der Waals surface area contributed by atoms with Gasteiger partial charge in [-0.05, 0) is 26.2 Å². The van der Waals surface area contributed by atoms with Gasteiger partial charge < -0.3 is 20.4 Å². The fourth-order valence-electron chi connectivity index (χ4n) is 1.15. The quantitative estimate of drug-likeness (QED) is 0.574. The highest BCUT2D eigenvalue weighted by atomic mass is 16.4.